The van der Waals surface area contributed by atoms with Gasteiger partial charge in [0.15, 0.2) is 0 Å². The van der Waals surface area contributed by atoms with Crippen LogP contribution in [0.25, 0.3) is 0 Å². The van der Waals surface area contributed by atoms with Crippen molar-refractivity contribution in [3.05, 3.63) is 34.6 Å². The second kappa shape index (κ2) is 6.60. The monoisotopic (exact) mass is 325 g/mol. The van der Waals surface area contributed by atoms with Gasteiger partial charge < -0.3 is 15.2 Å². The van der Waals surface area contributed by atoms with Crippen LogP contribution in [0.5, 0.6) is 5.75 Å². The highest BCUT2D eigenvalue weighted by molar-refractivity contribution is 7.09. The van der Waals surface area contributed by atoms with E-state index in [0.717, 1.165) is 42.6 Å². The van der Waals surface area contributed by atoms with Gasteiger partial charge in [0.1, 0.15) is 11.6 Å². The number of para-hydroxylation sites is 1. The summed E-state index contributed by atoms with van der Waals surface area (Å²) in [6.45, 7) is 2.03. The summed E-state index contributed by atoms with van der Waals surface area (Å²) >= 11 is 7.23. The van der Waals surface area contributed by atoms with E-state index < -0.39 is 0 Å². The maximum atomic E-state index is 9.87. The van der Waals surface area contributed by atoms with E-state index >= 15 is 0 Å². The van der Waals surface area contributed by atoms with Gasteiger partial charge in [0.05, 0.1) is 5.02 Å². The summed E-state index contributed by atoms with van der Waals surface area (Å²) in [4.78, 5) is 4.53. The Morgan fingerprint density at radius 2 is 2.19 bits per heavy atom. The molecular formula is C14H16ClN3O2S. The fourth-order valence-corrected chi connectivity index (χ4v) is 3.14. The van der Waals surface area contributed by atoms with Gasteiger partial charge in [-0.05, 0) is 18.9 Å². The third-order valence-electron chi connectivity index (χ3n) is 3.53. The van der Waals surface area contributed by atoms with Crippen LogP contribution in [0, 0.1) is 0 Å². The summed E-state index contributed by atoms with van der Waals surface area (Å²) in [5, 5.41) is 14.2. The topological polar surface area (TPSA) is 67.3 Å². The van der Waals surface area contributed by atoms with E-state index in [1.165, 1.54) is 11.5 Å². The van der Waals surface area contributed by atoms with Gasteiger partial charge in [-0.2, -0.15) is 4.37 Å². The Kier molecular flexibility index (Phi) is 4.57. The van der Waals surface area contributed by atoms with E-state index in [1.54, 1.807) is 6.07 Å². The first-order valence-electron chi connectivity index (χ1n) is 6.85. The summed E-state index contributed by atoms with van der Waals surface area (Å²) in [5.74, 6) is 1.40. The van der Waals surface area contributed by atoms with Crippen molar-refractivity contribution in [2.75, 3.05) is 18.5 Å². The second-order valence-corrected chi connectivity index (χ2v) is 6.10. The first-order chi connectivity index (χ1) is 10.2. The van der Waals surface area contributed by atoms with E-state index in [0.29, 0.717) is 17.5 Å². The molecule has 1 saturated heterocycles. The predicted octanol–water partition coefficient (Wildman–Crippen LogP) is 3.40. The number of nitrogens with one attached hydrogen (secondary N) is 1. The van der Waals surface area contributed by atoms with Crippen LogP contribution in [0.1, 0.15) is 30.1 Å². The SMILES string of the molecule is Oc1c(Cl)cccc1CNc1nc(C2CCOCC2)ns1. The first kappa shape index (κ1) is 14.6. The van der Waals surface area contributed by atoms with E-state index in [9.17, 15) is 5.11 Å². The van der Waals surface area contributed by atoms with Crippen molar-refractivity contribution in [2.24, 2.45) is 0 Å². The summed E-state index contributed by atoms with van der Waals surface area (Å²) in [6.07, 6.45) is 1.95. The molecule has 0 aliphatic carbocycles. The van der Waals surface area contributed by atoms with Gasteiger partial charge in [-0.15, -0.1) is 0 Å². The Balaban J connectivity index is 1.63. The molecule has 2 aromatic rings. The maximum absolute atomic E-state index is 9.87. The number of phenolic OH excluding ortho intramolecular Hbond substituents is 1. The van der Waals surface area contributed by atoms with Crippen LogP contribution < -0.4 is 5.32 Å². The first-order valence-corrected chi connectivity index (χ1v) is 8.01. The number of nitrogens with zero attached hydrogens (tertiary/aromatic N) is 2. The normalized spacial score (nSPS) is 16.0. The number of aromatic hydroxyl groups is 1. The number of ether oxygens (including phenoxy) is 1. The van der Waals surface area contributed by atoms with Crippen molar-refractivity contribution in [1.29, 1.82) is 0 Å². The highest BCUT2D eigenvalue weighted by Crippen LogP contribution is 2.29. The van der Waals surface area contributed by atoms with E-state index in [-0.39, 0.29) is 5.75 Å². The highest BCUT2D eigenvalue weighted by atomic mass is 35.5. The fraction of sp³-hybridized carbons (Fsp3) is 0.429. The van der Waals surface area contributed by atoms with Crippen LogP contribution in [0.3, 0.4) is 0 Å². The Bertz CT molecular complexity index is 614. The lowest BCUT2D eigenvalue weighted by Gasteiger charge is -2.18. The maximum Gasteiger partial charge on any atom is 0.202 e. The fourth-order valence-electron chi connectivity index (χ4n) is 2.30. The molecule has 0 unspecified atom stereocenters. The zero-order valence-corrected chi connectivity index (χ0v) is 13.0. The van der Waals surface area contributed by atoms with Gasteiger partial charge in [0.25, 0.3) is 0 Å². The van der Waals surface area contributed by atoms with Crippen molar-refractivity contribution >= 4 is 28.3 Å². The molecule has 21 heavy (non-hydrogen) atoms. The molecule has 112 valence electrons. The lowest BCUT2D eigenvalue weighted by atomic mass is 10.00. The number of hydrogen-bond acceptors (Lipinski definition) is 6. The molecule has 0 bridgehead atoms. The molecule has 0 radical (unpaired) electrons. The van der Waals surface area contributed by atoms with Gasteiger partial charge in [-0.1, -0.05) is 23.7 Å². The highest BCUT2D eigenvalue weighted by Gasteiger charge is 2.20. The molecule has 0 spiro atoms. The van der Waals surface area contributed by atoms with Crippen LogP contribution in [0.15, 0.2) is 18.2 Å². The molecule has 0 atom stereocenters. The molecule has 2 heterocycles. The number of halogens is 1. The summed E-state index contributed by atoms with van der Waals surface area (Å²) in [6, 6.07) is 5.30. The number of phenols is 1. The molecule has 2 N–H and O–H groups in total. The zero-order chi connectivity index (χ0) is 14.7. The van der Waals surface area contributed by atoms with Gasteiger partial charge >= 0.3 is 0 Å². The van der Waals surface area contributed by atoms with Crippen LogP contribution >= 0.6 is 23.1 Å². The third kappa shape index (κ3) is 3.45. The van der Waals surface area contributed by atoms with Gasteiger partial charge in [-0.25, -0.2) is 4.98 Å². The van der Waals surface area contributed by atoms with Crippen molar-refractivity contribution in [1.82, 2.24) is 9.36 Å². The van der Waals surface area contributed by atoms with E-state index in [2.05, 4.69) is 14.7 Å². The predicted molar refractivity (Wildman–Crippen MR) is 83.1 cm³/mol. The molecular weight excluding hydrogens is 310 g/mol. The van der Waals surface area contributed by atoms with Crippen molar-refractivity contribution in [3.63, 3.8) is 0 Å². The van der Waals surface area contributed by atoms with Gasteiger partial charge in [0, 0.05) is 42.8 Å². The molecule has 0 amide bonds. The minimum absolute atomic E-state index is 0.112. The number of aromatic nitrogens is 2. The zero-order valence-electron chi connectivity index (χ0n) is 11.4. The standard InChI is InChI=1S/C14H16ClN3O2S/c15-11-3-1-2-10(12(11)19)8-16-14-17-13(18-21-14)9-4-6-20-7-5-9/h1-3,9,19H,4-8H2,(H,16,17,18). The van der Waals surface area contributed by atoms with Crippen LogP contribution in [0.2, 0.25) is 5.02 Å². The lowest BCUT2D eigenvalue weighted by Crippen LogP contribution is -2.15. The summed E-state index contributed by atoms with van der Waals surface area (Å²) < 4.78 is 9.77. The van der Waals surface area contributed by atoms with Gasteiger partial charge in [-0.3, -0.25) is 0 Å². The number of hydrogen-bond donors (Lipinski definition) is 2. The number of rotatable bonds is 4. The minimum atomic E-state index is 0.112. The Morgan fingerprint density at radius 3 is 3.00 bits per heavy atom. The average molecular weight is 326 g/mol. The van der Waals surface area contributed by atoms with Crippen molar-refractivity contribution in [3.8, 4) is 5.75 Å². The molecule has 3 rings (SSSR count). The van der Waals surface area contributed by atoms with Crippen LogP contribution in [-0.4, -0.2) is 27.7 Å². The molecule has 0 saturated carbocycles. The molecule has 1 aliphatic rings. The Hall–Kier alpha value is -1.37. The molecule has 1 aliphatic heterocycles. The second-order valence-electron chi connectivity index (χ2n) is 4.95. The third-order valence-corrected chi connectivity index (χ3v) is 4.52. The lowest BCUT2D eigenvalue weighted by molar-refractivity contribution is 0.0838. The largest absolute Gasteiger partial charge is 0.506 e. The Morgan fingerprint density at radius 1 is 1.38 bits per heavy atom. The van der Waals surface area contributed by atoms with Crippen molar-refractivity contribution < 1.29 is 9.84 Å². The molecule has 1 fully saturated rings. The van der Waals surface area contributed by atoms with Crippen molar-refractivity contribution in [2.45, 2.75) is 25.3 Å². The quantitative estimate of drug-likeness (QED) is 0.901. The van der Waals surface area contributed by atoms with Crippen LogP contribution in [0.4, 0.5) is 5.13 Å². The van der Waals surface area contributed by atoms with E-state index in [4.69, 9.17) is 16.3 Å². The number of anilines is 1. The van der Waals surface area contributed by atoms with Gasteiger partial charge in [0.2, 0.25) is 5.13 Å². The molecule has 5 nitrogen and oxygen atoms in total. The van der Waals surface area contributed by atoms with E-state index in [1.807, 2.05) is 12.1 Å². The molecule has 1 aromatic carbocycles. The Labute approximate surface area is 132 Å². The average Bonchev–Trinajstić information content (AvgIpc) is 2.99. The summed E-state index contributed by atoms with van der Waals surface area (Å²) in [5.41, 5.74) is 0.741. The number of benzene rings is 1. The smallest absolute Gasteiger partial charge is 0.202 e. The minimum Gasteiger partial charge on any atom is -0.506 e. The molecule has 7 heteroatoms. The summed E-state index contributed by atoms with van der Waals surface area (Å²) in [7, 11) is 0. The van der Waals surface area contributed by atoms with Crippen LogP contribution in [-0.2, 0) is 11.3 Å². The molecule has 1 aromatic heterocycles.